The molecule has 138 valence electrons. The van der Waals surface area contributed by atoms with Gasteiger partial charge < -0.3 is 15.2 Å². The molecule has 2 N–H and O–H groups in total. The van der Waals surface area contributed by atoms with E-state index in [9.17, 15) is 14.0 Å². The van der Waals surface area contributed by atoms with Crippen LogP contribution in [-0.4, -0.2) is 32.3 Å². The molecule has 0 spiro atoms. The lowest BCUT2D eigenvalue weighted by Crippen LogP contribution is -2.19. The minimum Gasteiger partial charge on any atom is -0.325 e. The molecule has 0 radical (unpaired) electrons. The third-order valence-electron chi connectivity index (χ3n) is 3.55. The number of hydrogen-bond acceptors (Lipinski definition) is 5. The number of carbonyl (C=O) groups is 2. The van der Waals surface area contributed by atoms with Crippen molar-refractivity contribution in [2.24, 2.45) is 7.05 Å². The van der Waals surface area contributed by atoms with Gasteiger partial charge in [-0.3, -0.25) is 9.59 Å². The molecule has 0 saturated carbocycles. The van der Waals surface area contributed by atoms with E-state index in [2.05, 4.69) is 20.8 Å². The number of benzene rings is 2. The normalized spacial score (nSPS) is 10.4. The highest BCUT2D eigenvalue weighted by Crippen LogP contribution is 2.19. The molecule has 7 nitrogen and oxygen atoms in total. The summed E-state index contributed by atoms with van der Waals surface area (Å²) in [6.45, 7) is 0. The van der Waals surface area contributed by atoms with Crippen LogP contribution in [0.1, 0.15) is 10.4 Å². The van der Waals surface area contributed by atoms with Crippen molar-refractivity contribution in [1.29, 1.82) is 0 Å². The monoisotopic (exact) mass is 385 g/mol. The van der Waals surface area contributed by atoms with Crippen LogP contribution in [0.2, 0.25) is 0 Å². The maximum atomic E-state index is 13.0. The molecule has 27 heavy (non-hydrogen) atoms. The lowest BCUT2D eigenvalue weighted by Gasteiger charge is -2.11. The number of aryl methyl sites for hydroxylation is 1. The van der Waals surface area contributed by atoms with Gasteiger partial charge in [0, 0.05) is 12.7 Å². The number of nitrogens with one attached hydrogen (secondary N) is 2. The van der Waals surface area contributed by atoms with Crippen LogP contribution in [0.25, 0.3) is 0 Å². The summed E-state index contributed by atoms with van der Waals surface area (Å²) in [5, 5.41) is 13.7. The van der Waals surface area contributed by atoms with Gasteiger partial charge in [-0.25, -0.2) is 4.39 Å². The van der Waals surface area contributed by atoms with Crippen molar-refractivity contribution in [3.8, 4) is 0 Å². The maximum Gasteiger partial charge on any atom is 0.257 e. The minimum atomic E-state index is -0.404. The number of anilines is 2. The number of rotatable bonds is 6. The predicted molar refractivity (Wildman–Crippen MR) is 101 cm³/mol. The predicted octanol–water partition coefficient (Wildman–Crippen LogP) is 2.94. The first-order chi connectivity index (χ1) is 13.0. The van der Waals surface area contributed by atoms with E-state index in [-0.39, 0.29) is 17.5 Å². The van der Waals surface area contributed by atoms with Crippen LogP contribution in [-0.2, 0) is 11.8 Å². The molecule has 0 aliphatic rings. The second kappa shape index (κ2) is 8.45. The van der Waals surface area contributed by atoms with E-state index in [4.69, 9.17) is 0 Å². The lowest BCUT2D eigenvalue weighted by atomic mass is 10.1. The molecule has 0 aliphatic carbocycles. The van der Waals surface area contributed by atoms with Crippen LogP contribution < -0.4 is 10.6 Å². The van der Waals surface area contributed by atoms with E-state index >= 15 is 0 Å². The van der Waals surface area contributed by atoms with Crippen LogP contribution in [0.3, 0.4) is 0 Å². The number of halogens is 1. The summed E-state index contributed by atoms with van der Waals surface area (Å²) < 4.78 is 14.7. The van der Waals surface area contributed by atoms with Gasteiger partial charge in [0.25, 0.3) is 5.91 Å². The SMILES string of the molecule is Cn1cnnc1SCC(=O)Nc1ccccc1C(=O)Nc1ccc(F)cc1. The third-order valence-corrected chi connectivity index (χ3v) is 4.58. The zero-order chi connectivity index (χ0) is 19.2. The molecule has 9 heteroatoms. The first-order valence-corrected chi connectivity index (χ1v) is 8.94. The molecule has 1 heterocycles. The Kier molecular flexibility index (Phi) is 5.82. The molecule has 0 bridgehead atoms. The van der Waals surface area contributed by atoms with Crippen molar-refractivity contribution in [2.45, 2.75) is 5.16 Å². The zero-order valence-corrected chi connectivity index (χ0v) is 15.2. The molecule has 2 aromatic carbocycles. The summed E-state index contributed by atoms with van der Waals surface area (Å²) in [6, 6.07) is 12.1. The number of nitrogens with zero attached hydrogens (tertiary/aromatic N) is 3. The molecule has 0 unspecified atom stereocenters. The van der Waals surface area contributed by atoms with E-state index in [0.29, 0.717) is 22.1 Å². The summed E-state index contributed by atoms with van der Waals surface area (Å²) in [4.78, 5) is 24.7. The van der Waals surface area contributed by atoms with Crippen LogP contribution in [0.4, 0.5) is 15.8 Å². The molecular weight excluding hydrogens is 369 g/mol. The van der Waals surface area contributed by atoms with Gasteiger partial charge in [0.05, 0.1) is 17.0 Å². The second-order valence-electron chi connectivity index (χ2n) is 5.57. The van der Waals surface area contributed by atoms with Crippen molar-refractivity contribution in [3.63, 3.8) is 0 Å². The average Bonchev–Trinajstić information content (AvgIpc) is 3.07. The molecular formula is C18H16FN5O2S. The van der Waals surface area contributed by atoms with E-state index in [1.165, 1.54) is 36.0 Å². The first-order valence-electron chi connectivity index (χ1n) is 7.95. The quantitative estimate of drug-likeness (QED) is 0.637. The Labute approximate surface area is 159 Å². The van der Waals surface area contributed by atoms with E-state index in [0.717, 1.165) is 0 Å². The molecule has 0 saturated heterocycles. The Morgan fingerprint density at radius 3 is 2.56 bits per heavy atom. The van der Waals surface area contributed by atoms with Crippen molar-refractivity contribution in [1.82, 2.24) is 14.8 Å². The molecule has 0 atom stereocenters. The molecule has 3 rings (SSSR count). The molecule has 2 amide bonds. The zero-order valence-electron chi connectivity index (χ0n) is 14.3. The molecule has 0 fully saturated rings. The first kappa shape index (κ1) is 18.6. The Hall–Kier alpha value is -3.20. The minimum absolute atomic E-state index is 0.125. The highest BCUT2D eigenvalue weighted by atomic mass is 32.2. The fourth-order valence-corrected chi connectivity index (χ4v) is 2.93. The maximum absolute atomic E-state index is 13.0. The second-order valence-corrected chi connectivity index (χ2v) is 6.51. The Balaban J connectivity index is 1.66. The Morgan fingerprint density at radius 1 is 1.11 bits per heavy atom. The van der Waals surface area contributed by atoms with Crippen molar-refractivity contribution in [3.05, 3.63) is 66.2 Å². The van der Waals surface area contributed by atoms with E-state index < -0.39 is 5.91 Å². The van der Waals surface area contributed by atoms with Gasteiger partial charge in [0.15, 0.2) is 5.16 Å². The number of para-hydroxylation sites is 1. The lowest BCUT2D eigenvalue weighted by molar-refractivity contribution is -0.113. The van der Waals surface area contributed by atoms with Crippen LogP contribution in [0.5, 0.6) is 0 Å². The fourth-order valence-electron chi connectivity index (χ4n) is 2.24. The molecule has 3 aromatic rings. The van der Waals surface area contributed by atoms with Crippen molar-refractivity contribution in [2.75, 3.05) is 16.4 Å². The van der Waals surface area contributed by atoms with Crippen LogP contribution in [0, 0.1) is 5.82 Å². The van der Waals surface area contributed by atoms with Gasteiger partial charge in [-0.2, -0.15) is 0 Å². The fraction of sp³-hybridized carbons (Fsp3) is 0.111. The number of hydrogen-bond donors (Lipinski definition) is 2. The highest BCUT2D eigenvalue weighted by Gasteiger charge is 2.14. The topological polar surface area (TPSA) is 88.9 Å². The Morgan fingerprint density at radius 2 is 1.85 bits per heavy atom. The van der Waals surface area contributed by atoms with Gasteiger partial charge in [-0.15, -0.1) is 10.2 Å². The number of carbonyl (C=O) groups excluding carboxylic acids is 2. The largest absolute Gasteiger partial charge is 0.325 e. The van der Waals surface area contributed by atoms with Crippen LogP contribution >= 0.6 is 11.8 Å². The number of thioether (sulfide) groups is 1. The molecule has 1 aromatic heterocycles. The summed E-state index contributed by atoms with van der Waals surface area (Å²) in [5.41, 5.74) is 1.15. The third kappa shape index (κ3) is 4.91. The summed E-state index contributed by atoms with van der Waals surface area (Å²) >= 11 is 1.24. The van der Waals surface area contributed by atoms with Gasteiger partial charge in [0.2, 0.25) is 5.91 Å². The van der Waals surface area contributed by atoms with Crippen LogP contribution in [0.15, 0.2) is 60.0 Å². The van der Waals surface area contributed by atoms with E-state index in [1.54, 1.807) is 42.2 Å². The standard InChI is InChI=1S/C18H16FN5O2S/c1-24-11-20-23-18(24)27-10-16(25)22-15-5-3-2-4-14(15)17(26)21-13-8-6-12(19)7-9-13/h2-9,11H,10H2,1H3,(H,21,26)(H,22,25). The van der Waals surface area contributed by atoms with Crippen molar-refractivity contribution < 1.29 is 14.0 Å². The smallest absolute Gasteiger partial charge is 0.257 e. The summed E-state index contributed by atoms with van der Waals surface area (Å²) in [6.07, 6.45) is 1.55. The van der Waals surface area contributed by atoms with Gasteiger partial charge in [-0.05, 0) is 36.4 Å². The van der Waals surface area contributed by atoms with Crippen molar-refractivity contribution >= 4 is 35.0 Å². The van der Waals surface area contributed by atoms with Gasteiger partial charge in [0.1, 0.15) is 12.1 Å². The van der Waals surface area contributed by atoms with Gasteiger partial charge in [-0.1, -0.05) is 23.9 Å². The average molecular weight is 385 g/mol. The summed E-state index contributed by atoms with van der Waals surface area (Å²) in [7, 11) is 1.79. The summed E-state index contributed by atoms with van der Waals surface area (Å²) in [5.74, 6) is -0.940. The Bertz CT molecular complexity index is 958. The van der Waals surface area contributed by atoms with E-state index in [1.807, 2.05) is 0 Å². The number of amides is 2. The highest BCUT2D eigenvalue weighted by molar-refractivity contribution is 7.99. The number of aromatic nitrogens is 3. The van der Waals surface area contributed by atoms with Gasteiger partial charge >= 0.3 is 0 Å². The molecule has 0 aliphatic heterocycles.